The molecular formula is C34H51N7O12. The molecule has 3 amide bonds. The van der Waals surface area contributed by atoms with E-state index in [-0.39, 0.29) is 37.4 Å². The van der Waals surface area contributed by atoms with Crippen molar-refractivity contribution in [1.29, 1.82) is 0 Å². The molecule has 0 radical (unpaired) electrons. The average molecular weight is 750 g/mol. The topological polar surface area (TPSA) is 276 Å². The number of azide groups is 1. The summed E-state index contributed by atoms with van der Waals surface area (Å²) in [5.74, 6) is -2.93. The minimum Gasteiger partial charge on any atom is -0.507 e. The molecule has 1 spiro atoms. The van der Waals surface area contributed by atoms with Gasteiger partial charge in [0.1, 0.15) is 30.1 Å². The van der Waals surface area contributed by atoms with Crippen LogP contribution in [0.4, 0.5) is 4.79 Å². The minimum atomic E-state index is -2.12. The van der Waals surface area contributed by atoms with E-state index in [1.54, 1.807) is 39.5 Å². The zero-order chi connectivity index (χ0) is 39.3. The first-order valence-electron chi connectivity index (χ1n) is 17.5. The Labute approximate surface area is 306 Å². The van der Waals surface area contributed by atoms with Crippen molar-refractivity contribution in [3.05, 3.63) is 39.3 Å². The SMILES string of the molecule is Cc1cc(C(=O)NC[C@@H](O)[C@@H](O)[C@@H]2O[C@@](CCN3CCOC[C@@]34CCN(C(=O)OC(C)(C)C)C4)(C(=O)O)C[C@H](O)[C@H]2NC(=O)CN=[N+]=[N-])cc(C)c1O. The van der Waals surface area contributed by atoms with E-state index in [9.17, 15) is 44.7 Å². The predicted molar refractivity (Wildman–Crippen MR) is 186 cm³/mol. The predicted octanol–water partition coefficient (Wildman–Crippen LogP) is 0.331. The number of hydrogen-bond acceptors (Lipinski definition) is 13. The van der Waals surface area contributed by atoms with Gasteiger partial charge in [0.2, 0.25) is 5.91 Å². The summed E-state index contributed by atoms with van der Waals surface area (Å²) in [6.07, 6.45) is -7.75. The van der Waals surface area contributed by atoms with Crippen molar-refractivity contribution in [2.45, 2.75) is 101 Å². The first-order chi connectivity index (χ1) is 24.8. The maximum absolute atomic E-state index is 13.0. The number of rotatable bonds is 12. The third-order valence-corrected chi connectivity index (χ3v) is 9.94. The molecule has 3 fully saturated rings. The number of amides is 3. The molecule has 3 aliphatic heterocycles. The normalized spacial score (nSPS) is 27.4. The quantitative estimate of drug-likeness (QED) is 0.0863. The fourth-order valence-electron chi connectivity index (χ4n) is 7.13. The van der Waals surface area contributed by atoms with E-state index in [1.165, 1.54) is 12.1 Å². The number of carbonyl (C=O) groups is 4. The fraction of sp³-hybridized carbons (Fsp3) is 0.706. The van der Waals surface area contributed by atoms with E-state index in [2.05, 4.69) is 20.7 Å². The van der Waals surface area contributed by atoms with Crippen molar-refractivity contribution < 1.29 is 58.9 Å². The third-order valence-electron chi connectivity index (χ3n) is 9.94. The second kappa shape index (κ2) is 16.8. The smallest absolute Gasteiger partial charge is 0.410 e. The molecule has 19 heteroatoms. The van der Waals surface area contributed by atoms with Gasteiger partial charge >= 0.3 is 12.1 Å². The van der Waals surface area contributed by atoms with E-state index >= 15 is 0 Å². The lowest BCUT2D eigenvalue weighted by Crippen LogP contribution is -2.68. The van der Waals surface area contributed by atoms with Crippen molar-refractivity contribution in [3.63, 3.8) is 0 Å². The van der Waals surface area contributed by atoms with Crippen molar-refractivity contribution in [2.75, 3.05) is 52.5 Å². The van der Waals surface area contributed by atoms with Gasteiger partial charge in [-0.05, 0) is 69.8 Å². The number of carboxylic acids is 1. The van der Waals surface area contributed by atoms with Crippen molar-refractivity contribution in [1.82, 2.24) is 20.4 Å². The highest BCUT2D eigenvalue weighted by atomic mass is 16.6. The Hall–Kier alpha value is -4.23. The van der Waals surface area contributed by atoms with E-state index < -0.39 is 90.6 Å². The molecule has 0 saturated carbocycles. The molecule has 0 unspecified atom stereocenters. The number of benzene rings is 1. The molecule has 7 atom stereocenters. The van der Waals surface area contributed by atoms with Crippen LogP contribution in [0.15, 0.2) is 17.2 Å². The zero-order valence-corrected chi connectivity index (χ0v) is 30.6. The molecule has 294 valence electrons. The number of nitrogens with one attached hydrogen (secondary N) is 2. The van der Waals surface area contributed by atoms with Crippen LogP contribution < -0.4 is 10.6 Å². The van der Waals surface area contributed by atoms with Crippen LogP contribution in [0.3, 0.4) is 0 Å². The number of aliphatic hydroxyl groups is 3. The Kier molecular flexibility index (Phi) is 13.2. The maximum atomic E-state index is 13.0. The van der Waals surface area contributed by atoms with Gasteiger partial charge < -0.3 is 55.3 Å². The number of nitrogens with zero attached hydrogens (tertiary/aromatic N) is 5. The van der Waals surface area contributed by atoms with Crippen molar-refractivity contribution in [3.8, 4) is 5.75 Å². The summed E-state index contributed by atoms with van der Waals surface area (Å²) in [5.41, 5.74) is 6.25. The van der Waals surface area contributed by atoms with E-state index in [4.69, 9.17) is 19.7 Å². The van der Waals surface area contributed by atoms with Gasteiger partial charge in [0.15, 0.2) is 5.60 Å². The van der Waals surface area contributed by atoms with Gasteiger partial charge in [0.05, 0.1) is 37.0 Å². The fourth-order valence-corrected chi connectivity index (χ4v) is 7.13. The number of ether oxygens (including phenoxy) is 3. The Morgan fingerprint density at radius 2 is 1.85 bits per heavy atom. The Balaban J connectivity index is 1.54. The number of likely N-dealkylation sites (tertiary alicyclic amines) is 1. The monoisotopic (exact) mass is 749 g/mol. The Morgan fingerprint density at radius 3 is 2.47 bits per heavy atom. The molecule has 0 aliphatic carbocycles. The van der Waals surface area contributed by atoms with E-state index in [1.807, 2.05) is 4.90 Å². The Morgan fingerprint density at radius 1 is 1.17 bits per heavy atom. The first-order valence-corrected chi connectivity index (χ1v) is 17.5. The molecule has 4 rings (SSSR count). The molecule has 53 heavy (non-hydrogen) atoms. The standard InChI is InChI=1S/C34H51N7O12/c1-19-12-21(13-20(2)26(19)45)29(47)36-15-23(43)27(46)28-25(38-24(44)16-37-39-35)22(42)14-34(52-28,30(48)49)7-9-41-10-11-51-18-33(41)6-8-40(17-33)31(50)53-32(3,4)5/h12-13,22-23,25,27-28,42-43,45-46H,6-11,14-18H2,1-5H3,(H,36,47)(H,38,44)(H,48,49)/t22-,23+,25+,27+,28+,33-,34+/m0/s1. The van der Waals surface area contributed by atoms with Crippen LogP contribution in [0.2, 0.25) is 0 Å². The van der Waals surface area contributed by atoms with Gasteiger partial charge in [-0.25, -0.2) is 9.59 Å². The molecule has 1 aromatic rings. The summed E-state index contributed by atoms with van der Waals surface area (Å²) in [7, 11) is 0. The average Bonchev–Trinajstić information content (AvgIpc) is 3.52. The highest BCUT2D eigenvalue weighted by Gasteiger charge is 2.55. The van der Waals surface area contributed by atoms with Gasteiger partial charge in [-0.3, -0.25) is 14.5 Å². The number of phenolic OH excluding ortho intramolecular Hbond substituents is 1. The Bertz CT molecular complexity index is 1560. The second-order valence-corrected chi connectivity index (χ2v) is 15.0. The molecule has 0 aromatic heterocycles. The molecular weight excluding hydrogens is 698 g/mol. The van der Waals surface area contributed by atoms with Crippen LogP contribution in [0.1, 0.15) is 61.5 Å². The van der Waals surface area contributed by atoms with Gasteiger partial charge in [0.25, 0.3) is 5.91 Å². The second-order valence-electron chi connectivity index (χ2n) is 15.0. The lowest BCUT2D eigenvalue weighted by Gasteiger charge is -2.49. The van der Waals surface area contributed by atoms with Crippen LogP contribution in [0.5, 0.6) is 5.75 Å². The lowest BCUT2D eigenvalue weighted by atomic mass is 9.81. The summed E-state index contributed by atoms with van der Waals surface area (Å²) in [4.78, 5) is 57.6. The van der Waals surface area contributed by atoms with Crippen molar-refractivity contribution >= 4 is 23.9 Å². The number of hydrogen-bond donors (Lipinski definition) is 7. The summed E-state index contributed by atoms with van der Waals surface area (Å²) < 4.78 is 17.5. The van der Waals surface area contributed by atoms with Crippen LogP contribution >= 0.6 is 0 Å². The minimum absolute atomic E-state index is 0.0234. The van der Waals surface area contributed by atoms with Gasteiger partial charge in [-0.2, -0.15) is 0 Å². The number of aryl methyl sites for hydroxylation is 2. The maximum Gasteiger partial charge on any atom is 0.410 e. The van der Waals surface area contributed by atoms with Crippen molar-refractivity contribution in [2.24, 2.45) is 5.11 Å². The third kappa shape index (κ3) is 9.85. The van der Waals surface area contributed by atoms with Gasteiger partial charge in [0, 0.05) is 56.0 Å². The van der Waals surface area contributed by atoms with E-state index in [0.717, 1.165) is 0 Å². The number of phenols is 1. The molecule has 3 aliphatic rings. The largest absolute Gasteiger partial charge is 0.507 e. The summed E-state index contributed by atoms with van der Waals surface area (Å²) in [5, 5.41) is 62.6. The molecule has 3 heterocycles. The first kappa shape index (κ1) is 41.5. The van der Waals surface area contributed by atoms with E-state index in [0.29, 0.717) is 37.2 Å². The number of aliphatic hydroxyl groups excluding tert-OH is 3. The molecule has 7 N–H and O–H groups in total. The lowest BCUT2D eigenvalue weighted by molar-refractivity contribution is -0.231. The van der Waals surface area contributed by atoms with Crippen LogP contribution in [0, 0.1) is 13.8 Å². The number of carboxylic acid groups (broad SMARTS) is 1. The highest BCUT2D eigenvalue weighted by Crippen LogP contribution is 2.38. The highest BCUT2D eigenvalue weighted by molar-refractivity contribution is 5.95. The summed E-state index contributed by atoms with van der Waals surface area (Å²) in [6.45, 7) is 9.12. The van der Waals surface area contributed by atoms with Gasteiger partial charge in [-0.1, -0.05) is 5.11 Å². The van der Waals surface area contributed by atoms with Crippen LogP contribution in [0.25, 0.3) is 10.4 Å². The van der Waals surface area contributed by atoms with Gasteiger partial charge in [-0.15, -0.1) is 0 Å². The summed E-state index contributed by atoms with van der Waals surface area (Å²) in [6, 6.07) is 1.42. The number of aromatic hydroxyl groups is 1. The molecule has 1 aromatic carbocycles. The van der Waals surface area contributed by atoms with Crippen LogP contribution in [-0.2, 0) is 23.8 Å². The number of aliphatic carboxylic acids is 1. The number of carbonyl (C=O) groups excluding carboxylic acids is 3. The molecule has 0 bridgehead atoms. The molecule has 3 saturated heterocycles. The zero-order valence-electron chi connectivity index (χ0n) is 30.6. The molecule has 19 nitrogen and oxygen atoms in total. The number of morpholine rings is 1. The summed E-state index contributed by atoms with van der Waals surface area (Å²) >= 11 is 0. The van der Waals surface area contributed by atoms with Crippen LogP contribution in [-0.4, -0.2) is 159 Å².